The van der Waals surface area contributed by atoms with E-state index >= 15 is 0 Å². The molecule has 0 saturated heterocycles. The Morgan fingerprint density at radius 1 is 1.11 bits per heavy atom. The lowest BCUT2D eigenvalue weighted by molar-refractivity contribution is -0.114. The molecule has 0 unspecified atom stereocenters. The molecule has 2 N–H and O–H groups in total. The highest BCUT2D eigenvalue weighted by Gasteiger charge is 2.31. The van der Waals surface area contributed by atoms with Crippen molar-refractivity contribution in [3.8, 4) is 11.3 Å². The fourth-order valence-electron chi connectivity index (χ4n) is 4.31. The van der Waals surface area contributed by atoms with Crippen LogP contribution in [0.2, 0.25) is 0 Å². The van der Waals surface area contributed by atoms with Crippen molar-refractivity contribution in [2.45, 2.75) is 39.7 Å². The number of nitrogens with zero attached hydrogens (tertiary/aromatic N) is 2. The number of benzene rings is 1. The van der Waals surface area contributed by atoms with E-state index in [4.69, 9.17) is 4.42 Å². The van der Waals surface area contributed by atoms with E-state index in [2.05, 4.69) is 15.6 Å². The molecule has 1 fully saturated rings. The predicted molar refractivity (Wildman–Crippen MR) is 132 cm³/mol. The average Bonchev–Trinajstić information content (AvgIpc) is 3.63. The molecule has 178 valence electrons. The maximum absolute atomic E-state index is 14.5. The zero-order chi connectivity index (χ0) is 24.9. The van der Waals surface area contributed by atoms with Gasteiger partial charge in [0, 0.05) is 18.7 Å². The summed E-state index contributed by atoms with van der Waals surface area (Å²) in [5, 5.41) is 5.75. The fraction of sp³-hybridized carbons (Fsp3) is 0.231. The van der Waals surface area contributed by atoms with Crippen LogP contribution in [-0.4, -0.2) is 15.5 Å². The number of hydrogen-bond donors (Lipinski definition) is 2. The summed E-state index contributed by atoms with van der Waals surface area (Å²) in [6, 6.07) is 11.1. The van der Waals surface area contributed by atoms with Gasteiger partial charge in [-0.15, -0.1) is 0 Å². The number of fused-ring (bicyclic) bond motifs is 1. The highest BCUT2D eigenvalue weighted by atomic mass is 19.1. The van der Waals surface area contributed by atoms with Crippen LogP contribution < -0.4 is 21.8 Å². The van der Waals surface area contributed by atoms with Gasteiger partial charge in [0.05, 0.1) is 28.2 Å². The van der Waals surface area contributed by atoms with E-state index in [0.29, 0.717) is 22.8 Å². The minimum absolute atomic E-state index is 0.0118. The molecule has 4 aromatic rings. The van der Waals surface area contributed by atoms with Crippen molar-refractivity contribution in [2.24, 2.45) is 0 Å². The third kappa shape index (κ3) is 3.99. The maximum atomic E-state index is 14.5. The van der Waals surface area contributed by atoms with E-state index in [1.54, 1.807) is 41.8 Å². The number of aromatic nitrogens is 2. The number of pyridine rings is 2. The predicted octanol–water partition coefficient (Wildman–Crippen LogP) is 4.81. The van der Waals surface area contributed by atoms with Gasteiger partial charge in [0.1, 0.15) is 17.0 Å². The van der Waals surface area contributed by atoms with Gasteiger partial charge < -0.3 is 19.6 Å². The van der Waals surface area contributed by atoms with Crippen molar-refractivity contribution in [3.63, 3.8) is 0 Å². The Balaban J connectivity index is 1.86. The quantitative estimate of drug-likeness (QED) is 0.430. The Labute approximate surface area is 199 Å². The molecule has 1 amide bonds. The molecular weight excluding hydrogens is 451 g/mol. The SMILES string of the molecule is CC(=O)Nc1cccc(-c2c(C)n(C3CC3)c(=O)c3c(Nc4ccccc4F)c(C)c(=O)oc23)n1. The highest BCUT2D eigenvalue weighted by molar-refractivity contribution is 6.01. The summed E-state index contributed by atoms with van der Waals surface area (Å²) in [4.78, 5) is 42.8. The first-order valence-corrected chi connectivity index (χ1v) is 11.3. The monoisotopic (exact) mass is 474 g/mol. The molecule has 35 heavy (non-hydrogen) atoms. The minimum Gasteiger partial charge on any atom is -0.421 e. The number of carbonyl (C=O) groups is 1. The molecule has 3 aromatic heterocycles. The molecule has 9 heteroatoms. The number of para-hydroxylation sites is 1. The van der Waals surface area contributed by atoms with Gasteiger partial charge in [-0.2, -0.15) is 0 Å². The molecular formula is C26H23FN4O4. The van der Waals surface area contributed by atoms with Crippen LogP contribution in [0.5, 0.6) is 0 Å². The lowest BCUT2D eigenvalue weighted by atomic mass is 10.0. The lowest BCUT2D eigenvalue weighted by Crippen LogP contribution is -2.25. The molecule has 1 aliphatic rings. The molecule has 8 nitrogen and oxygen atoms in total. The second kappa shape index (κ2) is 8.50. The first kappa shape index (κ1) is 22.5. The van der Waals surface area contributed by atoms with Gasteiger partial charge in [0.25, 0.3) is 5.56 Å². The lowest BCUT2D eigenvalue weighted by Gasteiger charge is -2.19. The molecule has 1 saturated carbocycles. The third-order valence-electron chi connectivity index (χ3n) is 6.09. The van der Waals surface area contributed by atoms with Crippen molar-refractivity contribution >= 4 is 34.1 Å². The van der Waals surface area contributed by atoms with Gasteiger partial charge >= 0.3 is 5.63 Å². The first-order valence-electron chi connectivity index (χ1n) is 11.3. The Morgan fingerprint density at radius 2 is 1.86 bits per heavy atom. The van der Waals surface area contributed by atoms with Crippen molar-refractivity contribution < 1.29 is 13.6 Å². The Bertz CT molecular complexity index is 1620. The zero-order valence-electron chi connectivity index (χ0n) is 19.4. The first-order chi connectivity index (χ1) is 16.8. The van der Waals surface area contributed by atoms with Crippen LogP contribution in [0, 0.1) is 19.7 Å². The van der Waals surface area contributed by atoms with Crippen LogP contribution in [0.1, 0.15) is 37.1 Å². The summed E-state index contributed by atoms with van der Waals surface area (Å²) < 4.78 is 21.9. The minimum atomic E-state index is -0.654. The van der Waals surface area contributed by atoms with E-state index in [-0.39, 0.29) is 45.4 Å². The van der Waals surface area contributed by atoms with E-state index in [9.17, 15) is 18.8 Å². The number of amides is 1. The highest BCUT2D eigenvalue weighted by Crippen LogP contribution is 2.40. The molecule has 3 heterocycles. The summed E-state index contributed by atoms with van der Waals surface area (Å²) in [6.07, 6.45) is 1.69. The Morgan fingerprint density at radius 3 is 2.54 bits per heavy atom. The average molecular weight is 474 g/mol. The second-order valence-electron chi connectivity index (χ2n) is 8.65. The molecule has 0 aliphatic heterocycles. The van der Waals surface area contributed by atoms with Gasteiger partial charge in [-0.05, 0) is 51.0 Å². The van der Waals surface area contributed by atoms with E-state index in [1.165, 1.54) is 26.0 Å². The summed E-state index contributed by atoms with van der Waals surface area (Å²) >= 11 is 0. The topological polar surface area (TPSA) is 106 Å². The number of carbonyl (C=O) groups excluding carboxylic acids is 1. The van der Waals surface area contributed by atoms with Crippen molar-refractivity contribution in [3.05, 3.63) is 80.3 Å². The number of halogens is 1. The molecule has 1 aliphatic carbocycles. The Hall–Kier alpha value is -4.27. The maximum Gasteiger partial charge on any atom is 0.341 e. The van der Waals surface area contributed by atoms with Crippen molar-refractivity contribution in [2.75, 3.05) is 10.6 Å². The van der Waals surface area contributed by atoms with E-state index < -0.39 is 11.4 Å². The smallest absolute Gasteiger partial charge is 0.341 e. The van der Waals surface area contributed by atoms with Crippen LogP contribution in [0.25, 0.3) is 22.2 Å². The van der Waals surface area contributed by atoms with Crippen LogP contribution in [0.3, 0.4) is 0 Å². The van der Waals surface area contributed by atoms with Gasteiger partial charge in [0.2, 0.25) is 5.91 Å². The second-order valence-corrected chi connectivity index (χ2v) is 8.65. The molecule has 0 atom stereocenters. The molecule has 0 spiro atoms. The van der Waals surface area contributed by atoms with Gasteiger partial charge in [0.15, 0.2) is 5.58 Å². The van der Waals surface area contributed by atoms with Gasteiger partial charge in [-0.25, -0.2) is 14.2 Å². The molecule has 0 radical (unpaired) electrons. The van der Waals surface area contributed by atoms with Crippen LogP contribution >= 0.6 is 0 Å². The standard InChI is InChI=1S/C26H23FN4O4/c1-13-23(30-18-8-5-4-7-17(18)27)22-24(35-26(13)34)21(14(2)31(25(22)33)16-11-12-16)19-9-6-10-20(29-19)28-15(3)32/h4-10,16,30H,11-12H2,1-3H3,(H,28,29,32). The van der Waals surface area contributed by atoms with Crippen LogP contribution in [-0.2, 0) is 4.79 Å². The van der Waals surface area contributed by atoms with E-state index in [0.717, 1.165) is 12.8 Å². The molecule has 1 aromatic carbocycles. The zero-order valence-corrected chi connectivity index (χ0v) is 19.4. The number of rotatable bonds is 5. The van der Waals surface area contributed by atoms with Gasteiger partial charge in [-0.1, -0.05) is 18.2 Å². The van der Waals surface area contributed by atoms with Crippen molar-refractivity contribution in [1.29, 1.82) is 0 Å². The van der Waals surface area contributed by atoms with Crippen molar-refractivity contribution in [1.82, 2.24) is 9.55 Å². The summed E-state index contributed by atoms with van der Waals surface area (Å²) in [5.41, 5.74) is 1.06. The third-order valence-corrected chi connectivity index (χ3v) is 6.09. The van der Waals surface area contributed by atoms with Crippen LogP contribution in [0.4, 0.5) is 21.6 Å². The fourth-order valence-corrected chi connectivity index (χ4v) is 4.31. The number of hydrogen-bond acceptors (Lipinski definition) is 6. The Kier molecular flexibility index (Phi) is 5.47. The normalized spacial score (nSPS) is 13.1. The summed E-state index contributed by atoms with van der Waals surface area (Å²) in [5.74, 6) is -0.476. The summed E-state index contributed by atoms with van der Waals surface area (Å²) in [7, 11) is 0. The summed E-state index contributed by atoms with van der Waals surface area (Å²) in [6.45, 7) is 4.69. The van der Waals surface area contributed by atoms with Gasteiger partial charge in [-0.3, -0.25) is 9.59 Å². The number of anilines is 3. The largest absolute Gasteiger partial charge is 0.421 e. The van der Waals surface area contributed by atoms with E-state index in [1.807, 2.05) is 0 Å². The molecule has 5 rings (SSSR count). The number of nitrogens with one attached hydrogen (secondary N) is 2. The van der Waals surface area contributed by atoms with Crippen LogP contribution in [0.15, 0.2) is 56.5 Å². The molecule has 0 bridgehead atoms.